The van der Waals surface area contributed by atoms with Crippen molar-refractivity contribution in [1.29, 1.82) is 0 Å². The van der Waals surface area contributed by atoms with Crippen LogP contribution in [0.5, 0.6) is 5.75 Å². The number of methoxy groups -OCH3 is 1. The van der Waals surface area contributed by atoms with Crippen molar-refractivity contribution in [1.82, 2.24) is 4.90 Å². The molecule has 1 saturated heterocycles. The van der Waals surface area contributed by atoms with E-state index in [0.717, 1.165) is 41.5 Å². The van der Waals surface area contributed by atoms with Crippen LogP contribution in [0.3, 0.4) is 0 Å². The van der Waals surface area contributed by atoms with E-state index in [1.807, 2.05) is 30.3 Å². The Morgan fingerprint density at radius 2 is 2.00 bits per heavy atom. The van der Waals surface area contributed by atoms with E-state index in [2.05, 4.69) is 4.90 Å². The largest absolute Gasteiger partial charge is 0.496 e. The number of nitrogens with zero attached hydrogens (tertiary/aromatic N) is 1. The first-order valence-electron chi connectivity index (χ1n) is 9.00. The third-order valence-electron chi connectivity index (χ3n) is 4.53. The number of rotatable bonds is 6. The molecule has 28 heavy (non-hydrogen) atoms. The van der Waals surface area contributed by atoms with E-state index in [9.17, 15) is 4.79 Å². The smallest absolute Gasteiger partial charge is 0.188 e. The van der Waals surface area contributed by atoms with Crippen molar-refractivity contribution in [2.24, 2.45) is 5.73 Å². The lowest BCUT2D eigenvalue weighted by Gasteiger charge is -2.29. The zero-order valence-corrected chi connectivity index (χ0v) is 17.9. The number of para-hydroxylation sites is 1. The molecular formula is C21H22Cl2N2O2S. The summed E-state index contributed by atoms with van der Waals surface area (Å²) < 4.78 is 5.37. The molecule has 1 fully saturated rings. The number of ketones is 1. The molecule has 7 heteroatoms. The monoisotopic (exact) mass is 436 g/mol. The first-order chi connectivity index (χ1) is 13.5. The van der Waals surface area contributed by atoms with Crippen molar-refractivity contribution in [3.8, 4) is 5.75 Å². The Labute approximate surface area is 179 Å². The van der Waals surface area contributed by atoms with Gasteiger partial charge in [0.2, 0.25) is 0 Å². The summed E-state index contributed by atoms with van der Waals surface area (Å²) in [5.41, 5.74) is 6.36. The molecule has 0 saturated carbocycles. The molecule has 148 valence electrons. The van der Waals surface area contributed by atoms with Gasteiger partial charge in [-0.2, -0.15) is 0 Å². The summed E-state index contributed by atoms with van der Waals surface area (Å²) in [6.45, 7) is 1.66. The van der Waals surface area contributed by atoms with Crippen LogP contribution in [-0.2, 0) is 0 Å². The van der Waals surface area contributed by atoms with Crippen molar-refractivity contribution < 1.29 is 9.53 Å². The topological polar surface area (TPSA) is 55.6 Å². The molecule has 0 amide bonds. The first kappa shape index (κ1) is 21.1. The van der Waals surface area contributed by atoms with Gasteiger partial charge in [-0.3, -0.25) is 4.79 Å². The summed E-state index contributed by atoms with van der Waals surface area (Å²) in [6, 6.07) is 11.3. The number of allylic oxidation sites excluding steroid dienone is 1. The number of piperidine rings is 1. The number of hydrogen-bond acceptors (Lipinski definition) is 5. The molecular weight excluding hydrogens is 415 g/mol. The van der Waals surface area contributed by atoms with Gasteiger partial charge in [-0.15, -0.1) is 0 Å². The zero-order chi connectivity index (χ0) is 20.1. The third kappa shape index (κ3) is 5.03. The SMILES string of the molecule is COc1ccccc1Sc1ccc(C(=O)C=CN2CCCC(N)C2)c(Cl)c1Cl. The molecule has 0 radical (unpaired) electrons. The van der Waals surface area contributed by atoms with Crippen molar-refractivity contribution in [3.05, 3.63) is 64.3 Å². The van der Waals surface area contributed by atoms with Gasteiger partial charge in [0.25, 0.3) is 0 Å². The van der Waals surface area contributed by atoms with Crippen molar-refractivity contribution in [2.45, 2.75) is 28.7 Å². The highest BCUT2D eigenvalue weighted by molar-refractivity contribution is 7.99. The molecule has 4 nitrogen and oxygen atoms in total. The van der Waals surface area contributed by atoms with E-state index < -0.39 is 0 Å². The summed E-state index contributed by atoms with van der Waals surface area (Å²) in [4.78, 5) is 16.3. The summed E-state index contributed by atoms with van der Waals surface area (Å²) in [6.07, 6.45) is 5.37. The molecule has 0 aliphatic carbocycles. The standard InChI is InChI=1S/C21H22Cl2N2O2S/c1-27-17-6-2-3-7-18(17)28-19-9-8-15(20(22)21(19)23)16(26)10-12-25-11-4-5-14(24)13-25/h2-3,6-10,12,14H,4-5,11,13,24H2,1H3. The van der Waals surface area contributed by atoms with Gasteiger partial charge in [-0.25, -0.2) is 0 Å². The predicted molar refractivity (Wildman–Crippen MR) is 116 cm³/mol. The molecule has 0 spiro atoms. The molecule has 2 N–H and O–H groups in total. The highest BCUT2D eigenvalue weighted by Crippen LogP contribution is 2.41. The van der Waals surface area contributed by atoms with Crippen LogP contribution >= 0.6 is 35.0 Å². The van der Waals surface area contributed by atoms with Crippen LogP contribution in [0.4, 0.5) is 0 Å². The summed E-state index contributed by atoms with van der Waals surface area (Å²) in [7, 11) is 1.62. The maximum Gasteiger partial charge on any atom is 0.188 e. The Morgan fingerprint density at radius 3 is 2.75 bits per heavy atom. The molecule has 2 aromatic carbocycles. The van der Waals surface area contributed by atoms with Gasteiger partial charge in [0.1, 0.15) is 5.75 Å². The Kier molecular flexibility index (Phi) is 7.30. The lowest BCUT2D eigenvalue weighted by atomic mass is 10.1. The van der Waals surface area contributed by atoms with Crippen molar-refractivity contribution >= 4 is 40.7 Å². The Balaban J connectivity index is 1.77. The fraction of sp³-hybridized carbons (Fsp3) is 0.286. The number of benzene rings is 2. The zero-order valence-electron chi connectivity index (χ0n) is 15.5. The van der Waals surface area contributed by atoms with Crippen LogP contribution < -0.4 is 10.5 Å². The van der Waals surface area contributed by atoms with Gasteiger partial charge in [0, 0.05) is 41.9 Å². The third-order valence-corrected chi connectivity index (χ3v) is 6.64. The number of ether oxygens (including phenoxy) is 1. The maximum absolute atomic E-state index is 12.6. The van der Waals surface area contributed by atoms with Crippen LogP contribution in [-0.4, -0.2) is 36.9 Å². The van der Waals surface area contributed by atoms with E-state index in [0.29, 0.717) is 10.6 Å². The lowest BCUT2D eigenvalue weighted by molar-refractivity contribution is 0.104. The predicted octanol–water partition coefficient (Wildman–Crippen LogP) is 5.27. The molecule has 0 aromatic heterocycles. The van der Waals surface area contributed by atoms with Crippen LogP contribution in [0.15, 0.2) is 58.5 Å². The summed E-state index contributed by atoms with van der Waals surface area (Å²) in [5, 5.41) is 0.614. The molecule has 1 aliphatic rings. The van der Waals surface area contributed by atoms with Crippen LogP contribution in [0.2, 0.25) is 10.0 Å². The average Bonchev–Trinajstić information content (AvgIpc) is 2.70. The van der Waals surface area contributed by atoms with Crippen molar-refractivity contribution in [3.63, 3.8) is 0 Å². The van der Waals surface area contributed by atoms with Gasteiger partial charge in [0.15, 0.2) is 5.78 Å². The molecule has 1 unspecified atom stereocenters. The summed E-state index contributed by atoms with van der Waals surface area (Å²) >= 11 is 14.3. The normalized spacial score (nSPS) is 17.1. The minimum atomic E-state index is -0.181. The molecule has 0 bridgehead atoms. The quantitative estimate of drug-likeness (QED) is 0.493. The maximum atomic E-state index is 12.6. The van der Waals surface area contributed by atoms with Gasteiger partial charge in [-0.1, -0.05) is 47.1 Å². The second-order valence-corrected chi connectivity index (χ2v) is 8.41. The number of likely N-dealkylation sites (tertiary alicyclic amines) is 1. The van der Waals surface area contributed by atoms with Gasteiger partial charge in [0.05, 0.1) is 22.1 Å². The minimum Gasteiger partial charge on any atom is -0.496 e. The van der Waals surface area contributed by atoms with Crippen LogP contribution in [0, 0.1) is 0 Å². The van der Waals surface area contributed by atoms with E-state index >= 15 is 0 Å². The van der Waals surface area contributed by atoms with E-state index in [1.54, 1.807) is 19.4 Å². The number of carbonyl (C=O) groups is 1. The van der Waals surface area contributed by atoms with Gasteiger partial charge < -0.3 is 15.4 Å². The number of nitrogens with two attached hydrogens (primary N) is 1. The highest BCUT2D eigenvalue weighted by Gasteiger charge is 2.17. The first-order valence-corrected chi connectivity index (χ1v) is 10.6. The number of carbonyl (C=O) groups excluding carboxylic acids is 1. The highest BCUT2D eigenvalue weighted by atomic mass is 35.5. The Bertz CT molecular complexity index is 889. The number of halogens is 2. The molecule has 1 aliphatic heterocycles. The van der Waals surface area contributed by atoms with Gasteiger partial charge in [-0.05, 0) is 37.1 Å². The minimum absolute atomic E-state index is 0.151. The van der Waals surface area contributed by atoms with Gasteiger partial charge >= 0.3 is 0 Å². The Hall–Kier alpha value is -1.66. The molecule has 1 atom stereocenters. The van der Waals surface area contributed by atoms with Crippen LogP contribution in [0.1, 0.15) is 23.2 Å². The molecule has 1 heterocycles. The fourth-order valence-electron chi connectivity index (χ4n) is 3.06. The Morgan fingerprint density at radius 1 is 1.21 bits per heavy atom. The van der Waals surface area contributed by atoms with E-state index in [4.69, 9.17) is 33.7 Å². The fourth-order valence-corrected chi connectivity index (χ4v) is 4.62. The second-order valence-electron chi connectivity index (χ2n) is 6.57. The molecule has 2 aromatic rings. The lowest BCUT2D eigenvalue weighted by Crippen LogP contribution is -2.40. The van der Waals surface area contributed by atoms with Crippen molar-refractivity contribution in [2.75, 3.05) is 20.2 Å². The molecule has 3 rings (SSSR count). The van der Waals surface area contributed by atoms with Crippen LogP contribution in [0.25, 0.3) is 0 Å². The summed E-state index contributed by atoms with van der Waals surface area (Å²) in [5.74, 6) is 0.572. The second kappa shape index (κ2) is 9.70. The average molecular weight is 437 g/mol. The number of hydrogen-bond donors (Lipinski definition) is 1. The van der Waals surface area contributed by atoms with E-state index in [-0.39, 0.29) is 16.8 Å². The van der Waals surface area contributed by atoms with E-state index in [1.165, 1.54) is 17.8 Å².